The van der Waals surface area contributed by atoms with Crippen LogP contribution < -0.4 is 0 Å². The zero-order valence-corrected chi connectivity index (χ0v) is 9.15. The molecule has 0 saturated heterocycles. The highest BCUT2D eigenvalue weighted by Gasteiger charge is 2.29. The Morgan fingerprint density at radius 3 is 1.45 bits per heavy atom. The summed E-state index contributed by atoms with van der Waals surface area (Å²) in [5.41, 5.74) is 0. The molecule has 0 rings (SSSR count). The summed E-state index contributed by atoms with van der Waals surface area (Å²) < 4.78 is 19.8. The van der Waals surface area contributed by atoms with Gasteiger partial charge < -0.3 is 0 Å². The molecule has 2 nitrogen and oxygen atoms in total. The van der Waals surface area contributed by atoms with Crippen LogP contribution in [0.5, 0.6) is 0 Å². The molecular formula is C4H6Cl4O2S. The molecular weight excluding hydrogens is 254 g/mol. The minimum absolute atomic E-state index is 0.190. The van der Waals surface area contributed by atoms with Gasteiger partial charge in [-0.2, -0.15) is 0 Å². The van der Waals surface area contributed by atoms with E-state index >= 15 is 0 Å². The molecule has 0 spiro atoms. The second-order valence-electron chi connectivity index (χ2n) is 1.72. The number of sulfone groups is 1. The van der Waals surface area contributed by atoms with E-state index in [0.717, 1.165) is 0 Å². The Kier molecular flexibility index (Phi) is 5.48. The third kappa shape index (κ3) is 3.15. The van der Waals surface area contributed by atoms with Crippen LogP contribution in [-0.2, 0) is 9.84 Å². The molecule has 0 aromatic carbocycles. The summed E-state index contributed by atoms with van der Waals surface area (Å²) in [4.78, 5) is 0. The molecule has 0 radical (unpaired) electrons. The second kappa shape index (κ2) is 4.97. The van der Waals surface area contributed by atoms with Crippen molar-refractivity contribution in [2.75, 3.05) is 11.8 Å². The van der Waals surface area contributed by atoms with E-state index < -0.39 is 19.3 Å². The van der Waals surface area contributed by atoms with E-state index in [9.17, 15) is 8.42 Å². The molecule has 0 aromatic rings. The topological polar surface area (TPSA) is 34.1 Å². The summed E-state index contributed by atoms with van der Waals surface area (Å²) in [6.45, 7) is 0. The Labute approximate surface area is 85.7 Å². The van der Waals surface area contributed by atoms with Gasteiger partial charge in [-0.25, -0.2) is 8.42 Å². The maximum absolute atomic E-state index is 11.1. The standard InChI is InChI=1S/C4H6Cl4O2S/c5-1-3(7)11(9,10)4(8)2-6/h3-4H,1-2H2. The van der Waals surface area contributed by atoms with Gasteiger partial charge in [0.05, 0.1) is 11.8 Å². The van der Waals surface area contributed by atoms with Gasteiger partial charge >= 0.3 is 0 Å². The molecule has 11 heavy (non-hydrogen) atoms. The van der Waals surface area contributed by atoms with Crippen LogP contribution in [-0.4, -0.2) is 29.6 Å². The van der Waals surface area contributed by atoms with Crippen LogP contribution in [0.1, 0.15) is 0 Å². The third-order valence-electron chi connectivity index (χ3n) is 0.956. The first kappa shape index (κ1) is 12.1. The van der Waals surface area contributed by atoms with E-state index in [2.05, 4.69) is 0 Å². The van der Waals surface area contributed by atoms with Gasteiger partial charge in [0.25, 0.3) is 0 Å². The number of rotatable bonds is 4. The van der Waals surface area contributed by atoms with E-state index in [1.54, 1.807) is 0 Å². The lowest BCUT2D eigenvalue weighted by atomic mass is 10.9. The lowest BCUT2D eigenvalue weighted by Crippen LogP contribution is -2.27. The lowest BCUT2D eigenvalue weighted by molar-refractivity contribution is 0.593. The van der Waals surface area contributed by atoms with Crippen molar-refractivity contribution in [3.63, 3.8) is 0 Å². The van der Waals surface area contributed by atoms with E-state index in [1.807, 2.05) is 0 Å². The molecule has 0 amide bonds. The fourth-order valence-corrected chi connectivity index (χ4v) is 2.96. The number of hydrogen-bond donors (Lipinski definition) is 0. The molecule has 0 aromatic heterocycles. The van der Waals surface area contributed by atoms with Crippen molar-refractivity contribution in [1.82, 2.24) is 0 Å². The Balaban J connectivity index is 4.46. The maximum atomic E-state index is 11.1. The molecule has 0 aliphatic heterocycles. The quantitative estimate of drug-likeness (QED) is 0.724. The summed E-state index contributed by atoms with van der Waals surface area (Å²) in [6.07, 6.45) is 0. The van der Waals surface area contributed by atoms with Gasteiger partial charge in [0.15, 0.2) is 9.84 Å². The molecule has 0 bridgehead atoms. The summed E-state index contributed by atoms with van der Waals surface area (Å²) in [5, 5.41) is 0. The highest BCUT2D eigenvalue weighted by atomic mass is 35.5. The van der Waals surface area contributed by atoms with Crippen molar-refractivity contribution in [2.45, 2.75) is 9.42 Å². The van der Waals surface area contributed by atoms with Crippen molar-refractivity contribution < 1.29 is 8.42 Å². The van der Waals surface area contributed by atoms with Crippen LogP contribution in [0.2, 0.25) is 0 Å². The number of hydrogen-bond acceptors (Lipinski definition) is 2. The average Bonchev–Trinajstić information content (AvgIpc) is 2.01. The lowest BCUT2D eigenvalue weighted by Gasteiger charge is -2.10. The zero-order chi connectivity index (χ0) is 9.07. The van der Waals surface area contributed by atoms with Crippen molar-refractivity contribution in [3.8, 4) is 0 Å². The van der Waals surface area contributed by atoms with Gasteiger partial charge in [0.1, 0.15) is 9.42 Å². The molecule has 0 fully saturated rings. The predicted molar refractivity (Wildman–Crippen MR) is 49.6 cm³/mol. The first-order valence-electron chi connectivity index (χ1n) is 2.59. The Morgan fingerprint density at radius 1 is 1.00 bits per heavy atom. The fourth-order valence-electron chi connectivity index (χ4n) is 0.336. The minimum atomic E-state index is -3.57. The highest BCUT2D eigenvalue weighted by Crippen LogP contribution is 2.18. The Morgan fingerprint density at radius 2 is 1.27 bits per heavy atom. The molecule has 2 atom stereocenters. The predicted octanol–water partition coefficient (Wildman–Crippen LogP) is 2.01. The van der Waals surface area contributed by atoms with Crippen molar-refractivity contribution >= 4 is 56.2 Å². The van der Waals surface area contributed by atoms with Crippen LogP contribution in [0.4, 0.5) is 0 Å². The smallest absolute Gasteiger partial charge is 0.186 e. The summed E-state index contributed by atoms with van der Waals surface area (Å²) >= 11 is 21.2. The number of alkyl halides is 4. The molecule has 2 unspecified atom stereocenters. The molecule has 0 saturated carbocycles. The van der Waals surface area contributed by atoms with Gasteiger partial charge in [0.2, 0.25) is 0 Å². The second-order valence-corrected chi connectivity index (χ2v) is 6.22. The maximum Gasteiger partial charge on any atom is 0.186 e. The molecule has 7 heteroatoms. The van der Waals surface area contributed by atoms with Gasteiger partial charge in [0, 0.05) is 0 Å². The molecule has 0 N–H and O–H groups in total. The van der Waals surface area contributed by atoms with Gasteiger partial charge in [-0.15, -0.1) is 46.4 Å². The van der Waals surface area contributed by atoms with Crippen molar-refractivity contribution in [3.05, 3.63) is 0 Å². The zero-order valence-electron chi connectivity index (χ0n) is 5.31. The first-order chi connectivity index (χ1) is 4.96. The molecule has 0 aliphatic rings. The monoisotopic (exact) mass is 258 g/mol. The molecule has 0 aliphatic carbocycles. The fraction of sp³-hybridized carbons (Fsp3) is 1.00. The Hall–Kier alpha value is 1.11. The van der Waals surface area contributed by atoms with Crippen LogP contribution in [0, 0.1) is 0 Å². The van der Waals surface area contributed by atoms with Crippen molar-refractivity contribution in [1.29, 1.82) is 0 Å². The first-order valence-corrected chi connectivity index (χ1v) is 6.14. The van der Waals surface area contributed by atoms with E-state index in [4.69, 9.17) is 46.4 Å². The van der Waals surface area contributed by atoms with Crippen molar-refractivity contribution in [2.24, 2.45) is 0 Å². The Bertz CT molecular complexity index is 186. The molecule has 68 valence electrons. The van der Waals surface area contributed by atoms with E-state index in [1.165, 1.54) is 0 Å². The largest absolute Gasteiger partial charge is 0.226 e. The summed E-state index contributed by atoms with van der Waals surface area (Å²) in [6, 6.07) is 0. The van der Waals surface area contributed by atoms with Crippen LogP contribution >= 0.6 is 46.4 Å². The number of halogens is 4. The van der Waals surface area contributed by atoms with E-state index in [-0.39, 0.29) is 11.8 Å². The van der Waals surface area contributed by atoms with Gasteiger partial charge in [-0.3, -0.25) is 0 Å². The average molecular weight is 260 g/mol. The summed E-state index contributed by atoms with van der Waals surface area (Å²) in [7, 11) is -3.57. The molecule has 0 heterocycles. The van der Waals surface area contributed by atoms with Crippen LogP contribution in [0.25, 0.3) is 0 Å². The SMILES string of the molecule is O=S(=O)(C(Cl)CCl)C(Cl)CCl. The normalized spacial score (nSPS) is 17.8. The summed E-state index contributed by atoms with van der Waals surface area (Å²) in [5.74, 6) is -0.381. The van der Waals surface area contributed by atoms with Gasteiger partial charge in [-0.05, 0) is 0 Å². The van der Waals surface area contributed by atoms with Crippen LogP contribution in [0.3, 0.4) is 0 Å². The third-order valence-corrected chi connectivity index (χ3v) is 5.81. The van der Waals surface area contributed by atoms with Gasteiger partial charge in [-0.1, -0.05) is 0 Å². The van der Waals surface area contributed by atoms with Crippen LogP contribution in [0.15, 0.2) is 0 Å². The highest BCUT2D eigenvalue weighted by molar-refractivity contribution is 7.95. The van der Waals surface area contributed by atoms with E-state index in [0.29, 0.717) is 0 Å². The minimum Gasteiger partial charge on any atom is -0.226 e.